The average molecular weight is 199 g/mol. The predicted molar refractivity (Wildman–Crippen MR) is 51.9 cm³/mol. The van der Waals surface area contributed by atoms with Gasteiger partial charge in [-0.05, 0) is 10.9 Å². The Bertz CT molecular complexity index is 274. The van der Waals surface area contributed by atoms with E-state index in [-0.39, 0.29) is 16.5 Å². The molecule has 5 heteroatoms. The quantitative estimate of drug-likeness (QED) is 0.229. The number of nitriles is 1. The molecule has 4 nitrogen and oxygen atoms in total. The number of carbonyl (C=O) groups excluding carboxylic acids is 1. The van der Waals surface area contributed by atoms with Crippen LogP contribution in [0.1, 0.15) is 0 Å². The number of esters is 1. The van der Waals surface area contributed by atoms with Crippen molar-refractivity contribution in [1.82, 2.24) is 0 Å². The van der Waals surface area contributed by atoms with Gasteiger partial charge in [-0.1, -0.05) is 0 Å². The molecule has 13 heavy (non-hydrogen) atoms. The molecule has 0 aliphatic heterocycles. The highest BCUT2D eigenvalue weighted by molar-refractivity contribution is 7.95. The van der Waals surface area contributed by atoms with E-state index in [9.17, 15) is 4.79 Å². The van der Waals surface area contributed by atoms with Gasteiger partial charge in [0.2, 0.25) is 0 Å². The Labute approximate surface area is 80.0 Å². The molecule has 0 unspecified atom stereocenters. The molecule has 0 aromatic rings. The molecule has 0 aromatic carbocycles. The normalized spacial score (nSPS) is 8.77. The molecule has 0 amide bonds. The Morgan fingerprint density at radius 2 is 2.23 bits per heavy atom. The monoisotopic (exact) mass is 199 g/mol. The lowest BCUT2D eigenvalue weighted by Crippen LogP contribution is -2.14. The van der Waals surface area contributed by atoms with Gasteiger partial charge < -0.3 is 4.74 Å². The van der Waals surface area contributed by atoms with Gasteiger partial charge in [-0.15, -0.1) is 0 Å². The van der Waals surface area contributed by atoms with Gasteiger partial charge in [0, 0.05) is 5.87 Å². The van der Waals surface area contributed by atoms with Crippen molar-refractivity contribution in [2.45, 2.75) is 0 Å². The van der Waals surface area contributed by atoms with Crippen LogP contribution in [0.15, 0.2) is 5.57 Å². The molecule has 70 valence electrons. The van der Waals surface area contributed by atoms with Gasteiger partial charge in [0.15, 0.2) is 5.57 Å². The number of nitrogens with zero attached hydrogens (tertiary/aromatic N) is 1. The lowest BCUT2D eigenvalue weighted by Gasteiger charge is -1.99. The maximum absolute atomic E-state index is 10.9. The van der Waals surface area contributed by atoms with Crippen LogP contribution in [-0.4, -0.2) is 36.7 Å². The van der Waals surface area contributed by atoms with Crippen LogP contribution in [-0.2, 0) is 20.4 Å². The van der Waals surface area contributed by atoms with Crippen LogP contribution >= 0.6 is 0 Å². The fourth-order valence-electron chi connectivity index (χ4n) is 0.498. The fraction of sp³-hybridized carbons (Fsp3) is 0.500. The highest BCUT2D eigenvalue weighted by Gasteiger charge is 2.11. The molecule has 0 heterocycles. The SMILES string of the molecule is C[S+](C)CCOC(=O)C(=C=N)C#N. The Hall–Kier alpha value is -1.24. The van der Waals surface area contributed by atoms with E-state index in [1.165, 1.54) is 6.07 Å². The number of nitrogens with one attached hydrogen (secondary N) is 1. The first-order valence-electron chi connectivity index (χ1n) is 3.53. The third-order valence-electron chi connectivity index (χ3n) is 1.17. The van der Waals surface area contributed by atoms with E-state index < -0.39 is 5.97 Å². The lowest BCUT2D eigenvalue weighted by molar-refractivity contribution is -0.137. The van der Waals surface area contributed by atoms with Gasteiger partial charge in [0.05, 0.1) is 12.5 Å². The standard InChI is InChI=1S/C8H11N2O2S/c1-13(2)4-3-12-8(11)7(5-9)6-10/h9H,3-4H2,1-2H3/q+1. The summed E-state index contributed by atoms with van der Waals surface area (Å²) in [5, 5.41) is 14.9. The highest BCUT2D eigenvalue weighted by Crippen LogP contribution is 1.92. The molecule has 1 N–H and O–H groups in total. The minimum atomic E-state index is -0.761. The van der Waals surface area contributed by atoms with Gasteiger partial charge >= 0.3 is 5.97 Å². The number of rotatable bonds is 4. The first kappa shape index (κ1) is 11.8. The second-order valence-corrected chi connectivity index (χ2v) is 4.82. The number of carbonyl (C=O) groups is 1. The summed E-state index contributed by atoms with van der Waals surface area (Å²) in [6.45, 7) is 0.293. The summed E-state index contributed by atoms with van der Waals surface area (Å²) in [6, 6.07) is 1.54. The van der Waals surface area contributed by atoms with E-state index in [4.69, 9.17) is 15.4 Å². The van der Waals surface area contributed by atoms with Crippen LogP contribution in [0.5, 0.6) is 0 Å². The summed E-state index contributed by atoms with van der Waals surface area (Å²) in [6.07, 6.45) is 4.07. The van der Waals surface area contributed by atoms with Crippen LogP contribution in [0.4, 0.5) is 0 Å². The Kier molecular flexibility index (Phi) is 5.69. The zero-order chi connectivity index (χ0) is 10.3. The zero-order valence-corrected chi connectivity index (χ0v) is 8.40. The maximum Gasteiger partial charge on any atom is 0.358 e. The largest absolute Gasteiger partial charge is 0.456 e. The number of ether oxygens (including phenoxy) is 1. The molecule has 0 saturated heterocycles. The second kappa shape index (κ2) is 6.30. The molecule has 0 fully saturated rings. The van der Waals surface area contributed by atoms with Gasteiger partial charge in [-0.3, -0.25) is 5.41 Å². The van der Waals surface area contributed by atoms with Crippen molar-refractivity contribution in [3.63, 3.8) is 0 Å². The Morgan fingerprint density at radius 3 is 2.62 bits per heavy atom. The third kappa shape index (κ3) is 5.07. The zero-order valence-electron chi connectivity index (χ0n) is 7.59. The molecule has 0 spiro atoms. The van der Waals surface area contributed by atoms with Crippen LogP contribution in [0.2, 0.25) is 0 Å². The smallest absolute Gasteiger partial charge is 0.358 e. The summed E-state index contributed by atoms with van der Waals surface area (Å²) in [5.41, 5.74) is -0.382. The summed E-state index contributed by atoms with van der Waals surface area (Å²) < 4.78 is 4.72. The molecule has 0 radical (unpaired) electrons. The molecule has 0 aliphatic rings. The Balaban J connectivity index is 3.90. The molecule has 0 aliphatic carbocycles. The van der Waals surface area contributed by atoms with Crippen LogP contribution in [0.3, 0.4) is 0 Å². The van der Waals surface area contributed by atoms with Crippen molar-refractivity contribution in [2.24, 2.45) is 0 Å². The summed E-state index contributed by atoms with van der Waals surface area (Å²) >= 11 is 0. The lowest BCUT2D eigenvalue weighted by atomic mass is 10.3. The van der Waals surface area contributed by atoms with Crippen molar-refractivity contribution < 1.29 is 9.53 Å². The molecular formula is C8H11N2O2S+. The minimum absolute atomic E-state index is 0.214. The highest BCUT2D eigenvalue weighted by atomic mass is 32.2. The summed E-state index contributed by atoms with van der Waals surface area (Å²) in [4.78, 5) is 10.9. The topological polar surface area (TPSA) is 73.9 Å². The maximum atomic E-state index is 10.9. The van der Waals surface area contributed by atoms with E-state index in [0.717, 1.165) is 5.75 Å². The Morgan fingerprint density at radius 1 is 1.62 bits per heavy atom. The van der Waals surface area contributed by atoms with Crippen molar-refractivity contribution >= 4 is 22.7 Å². The van der Waals surface area contributed by atoms with Crippen LogP contribution < -0.4 is 0 Å². The molecule has 0 atom stereocenters. The molecule has 0 rings (SSSR count). The van der Waals surface area contributed by atoms with Crippen molar-refractivity contribution in [3.05, 3.63) is 5.57 Å². The second-order valence-electron chi connectivity index (χ2n) is 2.44. The summed E-state index contributed by atoms with van der Waals surface area (Å²) in [5.74, 6) is 1.74. The summed E-state index contributed by atoms with van der Waals surface area (Å²) in [7, 11) is 0.214. The van der Waals surface area contributed by atoms with Gasteiger partial charge in [-0.2, -0.15) is 5.26 Å². The number of hydrogen-bond donors (Lipinski definition) is 1. The molecule has 0 aromatic heterocycles. The first-order valence-corrected chi connectivity index (χ1v) is 5.74. The van der Waals surface area contributed by atoms with Crippen molar-refractivity contribution in [3.8, 4) is 6.07 Å². The van der Waals surface area contributed by atoms with Crippen molar-refractivity contribution in [1.29, 1.82) is 10.7 Å². The average Bonchev–Trinajstić information content (AvgIpc) is 2.05. The van der Waals surface area contributed by atoms with E-state index >= 15 is 0 Å². The molecule has 0 saturated carbocycles. The van der Waals surface area contributed by atoms with Crippen LogP contribution in [0.25, 0.3) is 0 Å². The van der Waals surface area contributed by atoms with Gasteiger partial charge in [-0.25, -0.2) is 4.79 Å². The van der Waals surface area contributed by atoms with E-state index in [0.29, 0.717) is 6.61 Å². The van der Waals surface area contributed by atoms with E-state index in [2.05, 4.69) is 0 Å². The fourth-order valence-corrected chi connectivity index (χ4v) is 0.914. The van der Waals surface area contributed by atoms with Crippen LogP contribution in [0, 0.1) is 16.7 Å². The molecule has 0 bridgehead atoms. The third-order valence-corrected chi connectivity index (χ3v) is 2.15. The minimum Gasteiger partial charge on any atom is -0.456 e. The van der Waals surface area contributed by atoms with Crippen molar-refractivity contribution in [2.75, 3.05) is 24.9 Å². The van der Waals surface area contributed by atoms with E-state index in [1.54, 1.807) is 5.87 Å². The molecular weight excluding hydrogens is 188 g/mol. The van der Waals surface area contributed by atoms with Gasteiger partial charge in [0.25, 0.3) is 0 Å². The number of hydrogen-bond acceptors (Lipinski definition) is 4. The first-order chi connectivity index (χ1) is 6.11. The van der Waals surface area contributed by atoms with Gasteiger partial charge in [0.1, 0.15) is 18.4 Å². The van der Waals surface area contributed by atoms with E-state index in [1.807, 2.05) is 12.5 Å². The predicted octanol–water partition coefficient (Wildman–Crippen LogP) is 0.106.